The number of rotatable bonds is 4. The highest BCUT2D eigenvalue weighted by Gasteiger charge is 2.29. The molecule has 0 radical (unpaired) electrons. The number of hydrogen-bond donors (Lipinski definition) is 1. The van der Waals surface area contributed by atoms with E-state index in [-0.39, 0.29) is 5.91 Å². The molecule has 6 heteroatoms. The van der Waals surface area contributed by atoms with E-state index in [4.69, 9.17) is 4.52 Å². The second kappa shape index (κ2) is 4.40. The number of hydrogen-bond acceptors (Lipinski definition) is 5. The van der Waals surface area contributed by atoms with Gasteiger partial charge in [0.15, 0.2) is 5.69 Å². The Morgan fingerprint density at radius 1 is 1.15 bits per heavy atom. The van der Waals surface area contributed by atoms with Gasteiger partial charge >= 0.3 is 0 Å². The summed E-state index contributed by atoms with van der Waals surface area (Å²) in [6.07, 6.45) is 7.84. The molecule has 20 heavy (non-hydrogen) atoms. The molecule has 2 fully saturated rings. The predicted octanol–water partition coefficient (Wildman–Crippen LogP) is 2.47. The summed E-state index contributed by atoms with van der Waals surface area (Å²) < 4.78 is 5.16. The summed E-state index contributed by atoms with van der Waals surface area (Å²) >= 11 is 0. The van der Waals surface area contributed by atoms with Gasteiger partial charge in [-0.2, -0.15) is 0 Å². The molecule has 0 bridgehead atoms. The SMILES string of the molecule is O=C(Nc1cnc(C2CC2)nc1)c1cc(C2CC2)on1. The van der Waals surface area contributed by atoms with E-state index in [1.807, 2.05) is 0 Å². The summed E-state index contributed by atoms with van der Waals surface area (Å²) in [4.78, 5) is 20.5. The van der Waals surface area contributed by atoms with E-state index in [1.165, 1.54) is 0 Å². The quantitative estimate of drug-likeness (QED) is 0.923. The van der Waals surface area contributed by atoms with Gasteiger partial charge in [-0.3, -0.25) is 4.79 Å². The molecule has 2 aliphatic carbocycles. The fourth-order valence-corrected chi connectivity index (χ4v) is 2.11. The molecule has 2 aliphatic rings. The Hall–Kier alpha value is -2.24. The van der Waals surface area contributed by atoms with Gasteiger partial charge in [-0.1, -0.05) is 5.16 Å². The Morgan fingerprint density at radius 3 is 2.50 bits per heavy atom. The maximum atomic E-state index is 12.0. The normalized spacial score (nSPS) is 18.0. The van der Waals surface area contributed by atoms with E-state index in [0.717, 1.165) is 37.3 Å². The van der Waals surface area contributed by atoms with Crippen molar-refractivity contribution in [2.75, 3.05) is 5.32 Å². The molecule has 2 saturated carbocycles. The zero-order valence-corrected chi connectivity index (χ0v) is 10.9. The van der Waals surface area contributed by atoms with Crippen LogP contribution in [-0.4, -0.2) is 21.0 Å². The Morgan fingerprint density at radius 2 is 1.85 bits per heavy atom. The van der Waals surface area contributed by atoms with Crippen LogP contribution in [0.15, 0.2) is 23.0 Å². The van der Waals surface area contributed by atoms with Gasteiger partial charge in [-0.25, -0.2) is 9.97 Å². The lowest BCUT2D eigenvalue weighted by Crippen LogP contribution is -2.12. The van der Waals surface area contributed by atoms with Crippen LogP contribution in [-0.2, 0) is 0 Å². The van der Waals surface area contributed by atoms with Gasteiger partial charge in [0, 0.05) is 17.9 Å². The van der Waals surface area contributed by atoms with Crippen molar-refractivity contribution in [2.24, 2.45) is 0 Å². The predicted molar refractivity (Wildman–Crippen MR) is 70.4 cm³/mol. The monoisotopic (exact) mass is 270 g/mol. The van der Waals surface area contributed by atoms with Crippen LogP contribution < -0.4 is 5.32 Å². The first-order chi connectivity index (χ1) is 9.79. The van der Waals surface area contributed by atoms with Crippen molar-refractivity contribution in [3.63, 3.8) is 0 Å². The fourth-order valence-electron chi connectivity index (χ4n) is 2.11. The van der Waals surface area contributed by atoms with Crippen molar-refractivity contribution in [1.29, 1.82) is 0 Å². The highest BCUT2D eigenvalue weighted by Crippen LogP contribution is 2.40. The van der Waals surface area contributed by atoms with E-state index < -0.39 is 0 Å². The molecule has 102 valence electrons. The van der Waals surface area contributed by atoms with E-state index >= 15 is 0 Å². The second-order valence-electron chi connectivity index (χ2n) is 5.45. The lowest BCUT2D eigenvalue weighted by atomic mass is 10.3. The zero-order chi connectivity index (χ0) is 13.5. The summed E-state index contributed by atoms with van der Waals surface area (Å²) in [7, 11) is 0. The van der Waals surface area contributed by atoms with Crippen molar-refractivity contribution in [3.8, 4) is 0 Å². The Labute approximate surface area is 115 Å². The fraction of sp³-hybridized carbons (Fsp3) is 0.429. The Bertz CT molecular complexity index is 641. The average Bonchev–Trinajstić information content (AvgIpc) is 3.38. The number of aromatic nitrogens is 3. The molecule has 2 aromatic heterocycles. The first kappa shape index (κ1) is 11.6. The van der Waals surface area contributed by atoms with Crippen LogP contribution >= 0.6 is 0 Å². The highest BCUT2D eigenvalue weighted by molar-refractivity contribution is 6.02. The van der Waals surface area contributed by atoms with Gasteiger partial charge < -0.3 is 9.84 Å². The molecular formula is C14H14N4O2. The number of nitrogens with zero attached hydrogens (tertiary/aromatic N) is 3. The van der Waals surface area contributed by atoms with Gasteiger partial charge in [-0.15, -0.1) is 0 Å². The first-order valence-electron chi connectivity index (χ1n) is 6.89. The van der Waals surface area contributed by atoms with E-state index in [2.05, 4.69) is 20.4 Å². The van der Waals surface area contributed by atoms with E-state index in [0.29, 0.717) is 23.2 Å². The molecular weight excluding hydrogens is 256 g/mol. The summed E-state index contributed by atoms with van der Waals surface area (Å²) in [6.45, 7) is 0. The van der Waals surface area contributed by atoms with Crippen LogP contribution in [0.5, 0.6) is 0 Å². The van der Waals surface area contributed by atoms with Gasteiger partial charge in [0.25, 0.3) is 5.91 Å². The molecule has 0 aliphatic heterocycles. The first-order valence-corrected chi connectivity index (χ1v) is 6.89. The Balaban J connectivity index is 1.44. The summed E-state index contributed by atoms with van der Waals surface area (Å²) in [5, 5.41) is 6.53. The topological polar surface area (TPSA) is 80.9 Å². The van der Waals surface area contributed by atoms with Crippen molar-refractivity contribution in [1.82, 2.24) is 15.1 Å². The minimum Gasteiger partial charge on any atom is -0.360 e. The maximum absolute atomic E-state index is 12.0. The Kier molecular flexibility index (Phi) is 2.55. The smallest absolute Gasteiger partial charge is 0.277 e. The molecule has 1 amide bonds. The van der Waals surface area contributed by atoms with Gasteiger partial charge in [-0.05, 0) is 25.7 Å². The number of carbonyl (C=O) groups excluding carboxylic acids is 1. The third-order valence-corrected chi connectivity index (χ3v) is 3.61. The largest absolute Gasteiger partial charge is 0.360 e. The van der Waals surface area contributed by atoms with Crippen molar-refractivity contribution >= 4 is 11.6 Å². The van der Waals surface area contributed by atoms with E-state index in [9.17, 15) is 4.79 Å². The molecule has 0 saturated heterocycles. The highest BCUT2D eigenvalue weighted by atomic mass is 16.5. The molecule has 1 N–H and O–H groups in total. The van der Waals surface area contributed by atoms with Gasteiger partial charge in [0.2, 0.25) is 0 Å². The zero-order valence-electron chi connectivity index (χ0n) is 10.9. The van der Waals surface area contributed by atoms with Gasteiger partial charge in [0.1, 0.15) is 11.6 Å². The number of amides is 1. The molecule has 0 atom stereocenters. The maximum Gasteiger partial charge on any atom is 0.277 e. The van der Waals surface area contributed by atoms with Crippen molar-refractivity contribution in [3.05, 3.63) is 35.7 Å². The average molecular weight is 270 g/mol. The van der Waals surface area contributed by atoms with Crippen LogP contribution in [0.4, 0.5) is 5.69 Å². The minimum atomic E-state index is -0.288. The molecule has 2 aromatic rings. The summed E-state index contributed by atoms with van der Waals surface area (Å²) in [6, 6.07) is 1.71. The number of nitrogens with one attached hydrogen (secondary N) is 1. The molecule has 6 nitrogen and oxygen atoms in total. The van der Waals surface area contributed by atoms with E-state index in [1.54, 1.807) is 18.5 Å². The molecule has 4 rings (SSSR count). The van der Waals surface area contributed by atoms with Crippen LogP contribution in [0.1, 0.15) is 59.6 Å². The molecule has 2 heterocycles. The molecule has 0 spiro atoms. The number of anilines is 1. The third kappa shape index (κ3) is 2.29. The lowest BCUT2D eigenvalue weighted by molar-refractivity contribution is 0.101. The van der Waals surface area contributed by atoms with Gasteiger partial charge in [0.05, 0.1) is 18.1 Å². The van der Waals surface area contributed by atoms with Crippen molar-refractivity contribution in [2.45, 2.75) is 37.5 Å². The lowest BCUT2D eigenvalue weighted by Gasteiger charge is -2.02. The van der Waals surface area contributed by atoms with Crippen LogP contribution in [0, 0.1) is 0 Å². The number of carbonyl (C=O) groups is 1. The summed E-state index contributed by atoms with van der Waals surface area (Å²) in [5.41, 5.74) is 0.883. The van der Waals surface area contributed by atoms with Crippen molar-refractivity contribution < 1.29 is 9.32 Å². The third-order valence-electron chi connectivity index (χ3n) is 3.61. The standard InChI is InChI=1S/C14H14N4O2/c19-14(11-5-12(20-18-11)8-1-2-8)17-10-6-15-13(16-7-10)9-3-4-9/h5-9H,1-4H2,(H,17,19). The molecule has 0 unspecified atom stereocenters. The summed E-state index contributed by atoms with van der Waals surface area (Å²) in [5.74, 6) is 2.33. The van der Waals surface area contributed by atoms with Crippen LogP contribution in [0.2, 0.25) is 0 Å². The van der Waals surface area contributed by atoms with Crippen LogP contribution in [0.25, 0.3) is 0 Å². The second-order valence-corrected chi connectivity index (χ2v) is 5.45. The van der Waals surface area contributed by atoms with Crippen LogP contribution in [0.3, 0.4) is 0 Å². The molecule has 0 aromatic carbocycles. The minimum absolute atomic E-state index is 0.288.